The van der Waals surface area contributed by atoms with Crippen molar-refractivity contribution in [2.75, 3.05) is 26.7 Å². The van der Waals surface area contributed by atoms with Gasteiger partial charge in [0.2, 0.25) is 15.9 Å². The third kappa shape index (κ3) is 5.86. The highest BCUT2D eigenvalue weighted by atomic mass is 35.5. The lowest BCUT2D eigenvalue weighted by Gasteiger charge is -2.25. The van der Waals surface area contributed by atoms with E-state index in [-0.39, 0.29) is 17.2 Å². The molecule has 4 rings (SSSR count). The lowest BCUT2D eigenvalue weighted by atomic mass is 10.1. The van der Waals surface area contributed by atoms with Crippen molar-refractivity contribution in [2.24, 2.45) is 0 Å². The summed E-state index contributed by atoms with van der Waals surface area (Å²) in [4.78, 5) is 31.7. The van der Waals surface area contributed by atoms with Crippen molar-refractivity contribution in [3.63, 3.8) is 0 Å². The number of halogens is 1. The van der Waals surface area contributed by atoms with E-state index in [0.717, 1.165) is 24.2 Å². The van der Waals surface area contributed by atoms with Gasteiger partial charge < -0.3 is 15.0 Å². The average molecular weight is 549 g/mol. The van der Waals surface area contributed by atoms with Crippen LogP contribution in [-0.2, 0) is 14.8 Å². The second kappa shape index (κ2) is 11.4. The van der Waals surface area contributed by atoms with Crippen LogP contribution in [0.2, 0.25) is 4.34 Å². The topological polar surface area (TPSA) is 118 Å². The molecular weight excluding hydrogens is 524 g/mol. The van der Waals surface area contributed by atoms with Crippen molar-refractivity contribution in [3.8, 4) is 16.9 Å². The Labute approximate surface area is 218 Å². The first-order valence-corrected chi connectivity index (χ1v) is 13.9. The molecule has 3 heterocycles. The monoisotopic (exact) mass is 548 g/mol. The van der Waals surface area contributed by atoms with Gasteiger partial charge in [0.15, 0.2) is 0 Å². The number of rotatable bonds is 9. The zero-order valence-corrected chi connectivity index (χ0v) is 21.8. The molecule has 12 heteroatoms. The van der Waals surface area contributed by atoms with E-state index in [1.165, 1.54) is 13.2 Å². The third-order valence-corrected chi connectivity index (χ3v) is 8.45. The van der Waals surface area contributed by atoms with Crippen LogP contribution in [0.5, 0.6) is 5.75 Å². The Hall–Kier alpha value is -2.99. The number of likely N-dealkylation sites (tertiary alicyclic amines) is 1. The van der Waals surface area contributed by atoms with Crippen molar-refractivity contribution in [1.82, 2.24) is 19.9 Å². The van der Waals surface area contributed by atoms with Crippen molar-refractivity contribution in [1.29, 1.82) is 0 Å². The summed E-state index contributed by atoms with van der Waals surface area (Å²) in [6.45, 7) is 0.838. The molecule has 190 valence electrons. The number of pyridine rings is 1. The van der Waals surface area contributed by atoms with Crippen LogP contribution in [0, 0.1) is 0 Å². The summed E-state index contributed by atoms with van der Waals surface area (Å²) >= 11 is 7.01. The molecular formula is C24H25ClN4O5S2. The molecule has 2 N–H and O–H groups in total. The molecule has 1 aliphatic rings. The molecule has 0 unspecified atom stereocenters. The van der Waals surface area contributed by atoms with Gasteiger partial charge in [-0.3, -0.25) is 14.6 Å². The quantitative estimate of drug-likeness (QED) is 0.424. The second-order valence-electron chi connectivity index (χ2n) is 8.10. The zero-order valence-electron chi connectivity index (χ0n) is 19.4. The minimum atomic E-state index is -4.23. The smallest absolute Gasteiger partial charge is 0.261 e. The summed E-state index contributed by atoms with van der Waals surface area (Å²) in [6, 6.07) is 10.2. The molecule has 1 aromatic carbocycles. The number of hydrogen-bond donors (Lipinski definition) is 2. The first kappa shape index (κ1) is 26.1. The van der Waals surface area contributed by atoms with E-state index >= 15 is 0 Å². The van der Waals surface area contributed by atoms with Gasteiger partial charge in [0.05, 0.1) is 16.3 Å². The third-order valence-electron chi connectivity index (χ3n) is 5.72. The Morgan fingerprint density at radius 1 is 1.17 bits per heavy atom. The lowest BCUT2D eigenvalue weighted by Crippen LogP contribution is -2.53. The molecule has 3 aromatic rings. The van der Waals surface area contributed by atoms with Crippen molar-refractivity contribution in [3.05, 3.63) is 64.1 Å². The largest absolute Gasteiger partial charge is 0.495 e. The summed E-state index contributed by atoms with van der Waals surface area (Å²) in [7, 11) is -2.85. The SMILES string of the molecule is COc1c(-c2cccnc2)cccc1S(=O)(=O)N[C@@H](CNC(=O)c1ccc(Cl)s1)C(=O)N1CCCC1. The van der Waals surface area contributed by atoms with Gasteiger partial charge in [-0.05, 0) is 37.1 Å². The molecule has 36 heavy (non-hydrogen) atoms. The number of ether oxygens (including phenoxy) is 1. The number of para-hydroxylation sites is 1. The number of nitrogens with zero attached hydrogens (tertiary/aromatic N) is 2. The number of sulfonamides is 1. The predicted molar refractivity (Wildman–Crippen MR) is 138 cm³/mol. The number of nitrogens with one attached hydrogen (secondary N) is 2. The Balaban J connectivity index is 1.62. The highest BCUT2D eigenvalue weighted by Gasteiger charge is 2.33. The Bertz CT molecular complexity index is 1340. The number of methoxy groups -OCH3 is 1. The fourth-order valence-electron chi connectivity index (χ4n) is 3.99. The molecule has 2 aromatic heterocycles. The molecule has 1 fully saturated rings. The Morgan fingerprint density at radius 2 is 1.94 bits per heavy atom. The van der Waals surface area contributed by atoms with Crippen LogP contribution in [0.4, 0.5) is 0 Å². The molecule has 1 aliphatic heterocycles. The number of amides is 2. The number of carbonyl (C=O) groups is 2. The molecule has 1 atom stereocenters. The molecule has 0 spiro atoms. The number of carbonyl (C=O) groups excluding carboxylic acids is 2. The van der Waals surface area contributed by atoms with Crippen LogP contribution < -0.4 is 14.8 Å². The van der Waals surface area contributed by atoms with E-state index in [2.05, 4.69) is 15.0 Å². The van der Waals surface area contributed by atoms with Gasteiger partial charge in [-0.2, -0.15) is 4.72 Å². The average Bonchev–Trinajstić information content (AvgIpc) is 3.58. The van der Waals surface area contributed by atoms with E-state index in [9.17, 15) is 18.0 Å². The molecule has 1 saturated heterocycles. The maximum atomic E-state index is 13.5. The van der Waals surface area contributed by atoms with E-state index in [1.807, 2.05) is 0 Å². The molecule has 0 aliphatic carbocycles. The van der Waals surface area contributed by atoms with Gasteiger partial charge >= 0.3 is 0 Å². The van der Waals surface area contributed by atoms with Crippen molar-refractivity contribution < 1.29 is 22.7 Å². The van der Waals surface area contributed by atoms with E-state index < -0.39 is 27.9 Å². The first-order valence-electron chi connectivity index (χ1n) is 11.2. The van der Waals surface area contributed by atoms with Crippen molar-refractivity contribution >= 4 is 44.8 Å². The minimum Gasteiger partial charge on any atom is -0.495 e. The van der Waals surface area contributed by atoms with Gasteiger partial charge in [-0.1, -0.05) is 29.8 Å². The van der Waals surface area contributed by atoms with Gasteiger partial charge in [-0.15, -0.1) is 11.3 Å². The molecule has 9 nitrogen and oxygen atoms in total. The maximum absolute atomic E-state index is 13.5. The van der Waals surface area contributed by atoms with Gasteiger partial charge in [-0.25, -0.2) is 8.42 Å². The van der Waals surface area contributed by atoms with Crippen LogP contribution in [-0.4, -0.2) is 62.9 Å². The van der Waals surface area contributed by atoms with Crippen LogP contribution in [0.3, 0.4) is 0 Å². The highest BCUT2D eigenvalue weighted by Crippen LogP contribution is 2.35. The maximum Gasteiger partial charge on any atom is 0.261 e. The second-order valence-corrected chi connectivity index (χ2v) is 11.5. The molecule has 0 radical (unpaired) electrons. The van der Waals surface area contributed by atoms with Crippen molar-refractivity contribution in [2.45, 2.75) is 23.8 Å². The van der Waals surface area contributed by atoms with E-state index in [1.54, 1.807) is 53.7 Å². The van der Waals surface area contributed by atoms with Crippen LogP contribution in [0.15, 0.2) is 59.8 Å². The zero-order chi connectivity index (χ0) is 25.7. The number of aromatic nitrogens is 1. The van der Waals surface area contributed by atoms with Crippen LogP contribution in [0.25, 0.3) is 11.1 Å². The summed E-state index contributed by atoms with van der Waals surface area (Å²) in [5.41, 5.74) is 1.22. The first-order chi connectivity index (χ1) is 17.3. The normalized spacial score (nSPS) is 14.4. The predicted octanol–water partition coefficient (Wildman–Crippen LogP) is 3.17. The Kier molecular flexibility index (Phi) is 8.24. The Morgan fingerprint density at radius 3 is 2.58 bits per heavy atom. The fourth-order valence-corrected chi connectivity index (χ4v) is 6.33. The van der Waals surface area contributed by atoms with Crippen LogP contribution in [0.1, 0.15) is 22.5 Å². The summed E-state index contributed by atoms with van der Waals surface area (Å²) in [5, 5.41) is 2.66. The number of hydrogen-bond acceptors (Lipinski definition) is 7. The van der Waals surface area contributed by atoms with Gasteiger partial charge in [0.25, 0.3) is 5.91 Å². The van der Waals surface area contributed by atoms with E-state index in [0.29, 0.717) is 33.4 Å². The molecule has 0 saturated carbocycles. The highest BCUT2D eigenvalue weighted by molar-refractivity contribution is 7.89. The molecule has 0 bridgehead atoms. The minimum absolute atomic E-state index is 0.123. The lowest BCUT2D eigenvalue weighted by molar-refractivity contribution is -0.131. The van der Waals surface area contributed by atoms with Gasteiger partial charge in [0.1, 0.15) is 16.7 Å². The number of thiophene rings is 1. The van der Waals surface area contributed by atoms with Gasteiger partial charge in [0, 0.05) is 43.2 Å². The van der Waals surface area contributed by atoms with E-state index in [4.69, 9.17) is 16.3 Å². The summed E-state index contributed by atoms with van der Waals surface area (Å²) in [5.74, 6) is -0.716. The van der Waals surface area contributed by atoms with Crippen LogP contribution >= 0.6 is 22.9 Å². The summed E-state index contributed by atoms with van der Waals surface area (Å²) in [6.07, 6.45) is 4.90. The summed E-state index contributed by atoms with van der Waals surface area (Å²) < 4.78 is 35.5. The molecule has 2 amide bonds. The standard InChI is InChI=1S/C24H25ClN4O5S2/c1-34-22-17(16-6-5-11-26-14-16)7-4-8-20(22)36(32,33)28-18(24(31)29-12-2-3-13-29)15-27-23(30)19-9-10-21(25)35-19/h4-11,14,18,28H,2-3,12-13,15H2,1H3,(H,27,30)/t18-/m0/s1. The number of benzene rings is 1. The fraction of sp³-hybridized carbons (Fsp3) is 0.292.